The fourth-order valence-electron chi connectivity index (χ4n) is 1.45. The van der Waals surface area contributed by atoms with Gasteiger partial charge in [0.2, 0.25) is 0 Å². The molecule has 17 heavy (non-hydrogen) atoms. The van der Waals surface area contributed by atoms with Crippen LogP contribution in [-0.4, -0.2) is 17.3 Å². The fraction of sp³-hybridized carbons (Fsp3) is 0.417. The molecular weight excluding hydrogens is 414 g/mol. The lowest BCUT2D eigenvalue weighted by molar-refractivity contribution is 0.0938. The first-order valence-corrected chi connectivity index (χ1v) is 8.06. The van der Waals surface area contributed by atoms with E-state index in [1.807, 2.05) is 25.1 Å². The molecule has 1 aromatic carbocycles. The first-order valence-electron chi connectivity index (χ1n) is 5.36. The number of hydrogen-bond donors (Lipinski definition) is 1. The number of amides is 1. The number of hydrogen-bond acceptors (Lipinski definition) is 1. The van der Waals surface area contributed by atoms with Gasteiger partial charge in [-0.15, -0.1) is 0 Å². The lowest BCUT2D eigenvalue weighted by Crippen LogP contribution is -2.32. The van der Waals surface area contributed by atoms with Crippen LogP contribution in [0.15, 0.2) is 27.1 Å². The average Bonchev–Trinajstić information content (AvgIpc) is 2.25. The van der Waals surface area contributed by atoms with Crippen molar-refractivity contribution >= 4 is 53.7 Å². The Morgan fingerprint density at radius 3 is 2.41 bits per heavy atom. The molecule has 0 aliphatic carbocycles. The van der Waals surface area contributed by atoms with E-state index in [-0.39, 0.29) is 11.9 Å². The van der Waals surface area contributed by atoms with E-state index >= 15 is 0 Å². The molecule has 0 radical (unpaired) electrons. The predicted molar refractivity (Wildman–Crippen MR) is 81.8 cm³/mol. The third kappa shape index (κ3) is 5.53. The Bertz CT molecular complexity index is 375. The zero-order valence-corrected chi connectivity index (χ0v) is 14.2. The van der Waals surface area contributed by atoms with Crippen molar-refractivity contribution in [3.8, 4) is 0 Å². The third-order valence-corrected chi connectivity index (χ3v) is 3.75. The van der Waals surface area contributed by atoms with Gasteiger partial charge < -0.3 is 5.32 Å². The zero-order valence-electron chi connectivity index (χ0n) is 9.47. The Balaban J connectivity index is 2.63. The Morgan fingerprint density at radius 2 is 1.88 bits per heavy atom. The quantitative estimate of drug-likeness (QED) is 0.688. The molecule has 0 spiro atoms. The van der Waals surface area contributed by atoms with Crippen LogP contribution in [-0.2, 0) is 0 Å². The predicted octanol–water partition coefficient (Wildman–Crippen LogP) is 4.51. The Kier molecular flexibility index (Phi) is 6.74. The van der Waals surface area contributed by atoms with Crippen LogP contribution >= 0.6 is 47.8 Å². The normalized spacial score (nSPS) is 12.2. The smallest absolute Gasteiger partial charge is 0.251 e. The lowest BCUT2D eigenvalue weighted by atomic mass is 10.1. The third-order valence-electron chi connectivity index (χ3n) is 2.27. The average molecular weight is 428 g/mol. The number of halogens is 3. The van der Waals surface area contributed by atoms with Crippen molar-refractivity contribution in [3.05, 3.63) is 32.7 Å². The minimum Gasteiger partial charge on any atom is -0.350 e. The summed E-state index contributed by atoms with van der Waals surface area (Å²) in [5, 5.41) is 3.95. The number of carbonyl (C=O) groups excluding carboxylic acids is 1. The maximum absolute atomic E-state index is 12.0. The summed E-state index contributed by atoms with van der Waals surface area (Å²) >= 11 is 10.1. The van der Waals surface area contributed by atoms with Gasteiger partial charge in [0.15, 0.2) is 0 Å². The van der Waals surface area contributed by atoms with Crippen LogP contribution < -0.4 is 5.32 Å². The second-order valence-electron chi connectivity index (χ2n) is 3.86. The van der Waals surface area contributed by atoms with E-state index < -0.39 is 0 Å². The molecule has 1 rings (SSSR count). The Hall–Kier alpha value is 0.130. The molecule has 0 aliphatic rings. The van der Waals surface area contributed by atoms with E-state index in [0.717, 1.165) is 27.1 Å². The summed E-state index contributed by atoms with van der Waals surface area (Å²) in [7, 11) is 0. The highest BCUT2D eigenvalue weighted by molar-refractivity contribution is 9.11. The standard InChI is InChI=1S/C12H14Br3NO/c1-8(3-2-4-13)16-12(17)9-5-10(14)7-11(15)6-9/h5-8H,2-4H2,1H3,(H,16,17). The van der Waals surface area contributed by atoms with E-state index in [2.05, 4.69) is 53.1 Å². The summed E-state index contributed by atoms with van der Waals surface area (Å²) in [4.78, 5) is 12.0. The minimum absolute atomic E-state index is 0.0333. The summed E-state index contributed by atoms with van der Waals surface area (Å²) < 4.78 is 1.79. The van der Waals surface area contributed by atoms with E-state index in [4.69, 9.17) is 0 Å². The lowest BCUT2D eigenvalue weighted by Gasteiger charge is -2.13. The van der Waals surface area contributed by atoms with Gasteiger partial charge in [-0.05, 0) is 38.0 Å². The van der Waals surface area contributed by atoms with Crippen LogP contribution in [0.1, 0.15) is 30.1 Å². The monoisotopic (exact) mass is 425 g/mol. The van der Waals surface area contributed by atoms with Crippen molar-refractivity contribution in [3.63, 3.8) is 0 Å². The molecule has 0 bridgehead atoms. The van der Waals surface area contributed by atoms with Crippen molar-refractivity contribution in [2.75, 3.05) is 5.33 Å². The zero-order chi connectivity index (χ0) is 12.8. The maximum atomic E-state index is 12.0. The van der Waals surface area contributed by atoms with Gasteiger partial charge in [-0.1, -0.05) is 47.8 Å². The second-order valence-corrected chi connectivity index (χ2v) is 6.49. The number of benzene rings is 1. The van der Waals surface area contributed by atoms with Crippen molar-refractivity contribution in [1.82, 2.24) is 5.32 Å². The van der Waals surface area contributed by atoms with E-state index in [1.165, 1.54) is 0 Å². The molecule has 0 aromatic heterocycles. The minimum atomic E-state index is -0.0333. The van der Waals surface area contributed by atoms with E-state index in [0.29, 0.717) is 5.56 Å². The highest BCUT2D eigenvalue weighted by atomic mass is 79.9. The van der Waals surface area contributed by atoms with Crippen LogP contribution in [0.4, 0.5) is 0 Å². The molecule has 1 aromatic rings. The van der Waals surface area contributed by atoms with Crippen molar-refractivity contribution in [2.45, 2.75) is 25.8 Å². The molecule has 0 aliphatic heterocycles. The van der Waals surface area contributed by atoms with Crippen molar-refractivity contribution in [2.24, 2.45) is 0 Å². The van der Waals surface area contributed by atoms with Crippen LogP contribution in [0.25, 0.3) is 0 Å². The Labute approximate surface area is 127 Å². The van der Waals surface area contributed by atoms with Crippen LogP contribution in [0, 0.1) is 0 Å². The molecule has 5 heteroatoms. The van der Waals surface area contributed by atoms with Gasteiger partial charge in [0.1, 0.15) is 0 Å². The number of rotatable bonds is 5. The van der Waals surface area contributed by atoms with Crippen LogP contribution in [0.5, 0.6) is 0 Å². The van der Waals surface area contributed by atoms with Gasteiger partial charge in [-0.2, -0.15) is 0 Å². The molecule has 2 nitrogen and oxygen atoms in total. The van der Waals surface area contributed by atoms with Crippen LogP contribution in [0.3, 0.4) is 0 Å². The summed E-state index contributed by atoms with van der Waals surface area (Å²) in [5.41, 5.74) is 0.664. The highest BCUT2D eigenvalue weighted by Crippen LogP contribution is 2.20. The molecular formula is C12H14Br3NO. The first kappa shape index (κ1) is 15.2. The molecule has 0 saturated carbocycles. The first-order chi connectivity index (χ1) is 8.02. The fourth-order valence-corrected chi connectivity index (χ4v) is 3.06. The van der Waals surface area contributed by atoms with Crippen molar-refractivity contribution in [1.29, 1.82) is 0 Å². The molecule has 94 valence electrons. The largest absolute Gasteiger partial charge is 0.350 e. The maximum Gasteiger partial charge on any atom is 0.251 e. The van der Waals surface area contributed by atoms with Crippen LogP contribution in [0.2, 0.25) is 0 Å². The van der Waals surface area contributed by atoms with Gasteiger partial charge >= 0.3 is 0 Å². The van der Waals surface area contributed by atoms with Gasteiger partial charge in [0.05, 0.1) is 0 Å². The summed E-state index contributed by atoms with van der Waals surface area (Å²) in [5.74, 6) is -0.0333. The Morgan fingerprint density at radius 1 is 1.29 bits per heavy atom. The number of alkyl halides is 1. The van der Waals surface area contributed by atoms with Gasteiger partial charge in [0.25, 0.3) is 5.91 Å². The summed E-state index contributed by atoms with van der Waals surface area (Å²) in [6, 6.07) is 5.73. The number of nitrogens with one attached hydrogen (secondary N) is 1. The molecule has 1 unspecified atom stereocenters. The van der Waals surface area contributed by atoms with Gasteiger partial charge in [-0.3, -0.25) is 4.79 Å². The molecule has 0 heterocycles. The summed E-state index contributed by atoms with van der Waals surface area (Å²) in [6.07, 6.45) is 2.04. The van der Waals surface area contributed by atoms with Gasteiger partial charge in [0, 0.05) is 25.9 Å². The van der Waals surface area contributed by atoms with Crippen molar-refractivity contribution < 1.29 is 4.79 Å². The SMILES string of the molecule is CC(CCCBr)NC(=O)c1cc(Br)cc(Br)c1. The summed E-state index contributed by atoms with van der Waals surface area (Å²) in [6.45, 7) is 2.02. The topological polar surface area (TPSA) is 29.1 Å². The van der Waals surface area contributed by atoms with Gasteiger partial charge in [-0.25, -0.2) is 0 Å². The van der Waals surface area contributed by atoms with E-state index in [9.17, 15) is 4.79 Å². The second kappa shape index (κ2) is 7.54. The molecule has 1 amide bonds. The molecule has 1 N–H and O–H groups in total. The molecule has 1 atom stereocenters. The number of carbonyl (C=O) groups is 1. The molecule has 0 saturated heterocycles. The molecule has 0 fully saturated rings. The highest BCUT2D eigenvalue weighted by Gasteiger charge is 2.10. The van der Waals surface area contributed by atoms with E-state index in [1.54, 1.807) is 0 Å².